The maximum atomic E-state index is 9.90. The lowest BCUT2D eigenvalue weighted by atomic mass is 9.53. The Morgan fingerprint density at radius 1 is 1.24 bits per heavy atom. The van der Waals surface area contributed by atoms with E-state index in [2.05, 4.69) is 18.2 Å². The number of ether oxygens (including phenoxy) is 1. The van der Waals surface area contributed by atoms with Crippen molar-refractivity contribution in [3.05, 3.63) is 41.5 Å². The lowest BCUT2D eigenvalue weighted by Gasteiger charge is -2.45. The van der Waals surface area contributed by atoms with Crippen LogP contribution in [-0.4, -0.2) is 12.8 Å². The second-order valence-corrected chi connectivity index (χ2v) is 6.50. The molecule has 1 N–H and O–H groups in total. The van der Waals surface area contributed by atoms with Crippen molar-refractivity contribution in [2.45, 2.75) is 25.2 Å². The predicted octanol–water partition coefficient (Wildman–Crippen LogP) is 3.71. The number of hydrogen-bond acceptors (Lipinski definition) is 5. The van der Waals surface area contributed by atoms with Crippen molar-refractivity contribution >= 4 is 5.71 Å². The maximum Gasteiger partial charge on any atom is 0.189 e. The summed E-state index contributed by atoms with van der Waals surface area (Å²) in [4.78, 5) is 0. The lowest BCUT2D eigenvalue weighted by molar-refractivity contribution is 0.319. The molecule has 5 heteroatoms. The molecule has 1 aromatic carbocycles. The molecule has 0 bridgehead atoms. The Labute approximate surface area is 147 Å². The van der Waals surface area contributed by atoms with Gasteiger partial charge in [-0.15, -0.1) is 0 Å². The van der Waals surface area contributed by atoms with Crippen LogP contribution in [0.2, 0.25) is 0 Å². The summed E-state index contributed by atoms with van der Waals surface area (Å²) in [5.41, 5.74) is -0.0298. The average molecular weight is 330 g/mol. The van der Waals surface area contributed by atoms with E-state index in [1.165, 1.54) is 0 Å². The summed E-state index contributed by atoms with van der Waals surface area (Å²) < 4.78 is 5.30. The number of nitrogens with one attached hydrogen (secondary N) is 1. The SMILES string of the molecule is COc1cccc([C@@H]2[C@@H]3CCCC=C3[C@H](C#N)C(=N)C2(C#N)C#N)c1. The van der Waals surface area contributed by atoms with E-state index < -0.39 is 17.3 Å². The summed E-state index contributed by atoms with van der Waals surface area (Å²) in [5, 5.41) is 37.9. The van der Waals surface area contributed by atoms with Gasteiger partial charge in [0.25, 0.3) is 0 Å². The van der Waals surface area contributed by atoms with Crippen LogP contribution in [0.5, 0.6) is 5.75 Å². The molecule has 0 heterocycles. The van der Waals surface area contributed by atoms with Crippen LogP contribution in [0.4, 0.5) is 0 Å². The first kappa shape index (κ1) is 16.7. The van der Waals surface area contributed by atoms with E-state index in [1.54, 1.807) is 7.11 Å². The number of benzene rings is 1. The van der Waals surface area contributed by atoms with E-state index in [4.69, 9.17) is 10.1 Å². The minimum absolute atomic E-state index is 0.0843. The van der Waals surface area contributed by atoms with Gasteiger partial charge in [0.15, 0.2) is 5.41 Å². The van der Waals surface area contributed by atoms with E-state index in [0.29, 0.717) is 5.75 Å². The number of fused-ring (bicyclic) bond motifs is 1. The lowest BCUT2D eigenvalue weighted by Crippen LogP contribution is -2.48. The Morgan fingerprint density at radius 3 is 2.64 bits per heavy atom. The van der Waals surface area contributed by atoms with Gasteiger partial charge >= 0.3 is 0 Å². The monoisotopic (exact) mass is 330 g/mol. The van der Waals surface area contributed by atoms with E-state index in [0.717, 1.165) is 30.4 Å². The van der Waals surface area contributed by atoms with Gasteiger partial charge in [0.2, 0.25) is 0 Å². The number of hydrogen-bond donors (Lipinski definition) is 1. The van der Waals surface area contributed by atoms with Gasteiger partial charge in [-0.2, -0.15) is 15.8 Å². The van der Waals surface area contributed by atoms with Crippen LogP contribution in [0.3, 0.4) is 0 Å². The molecule has 3 atom stereocenters. The highest BCUT2D eigenvalue weighted by Crippen LogP contribution is 2.55. The smallest absolute Gasteiger partial charge is 0.189 e. The van der Waals surface area contributed by atoms with Crippen molar-refractivity contribution in [2.75, 3.05) is 7.11 Å². The molecule has 0 aliphatic heterocycles. The Morgan fingerprint density at radius 2 is 2.00 bits per heavy atom. The van der Waals surface area contributed by atoms with Crippen LogP contribution >= 0.6 is 0 Å². The third-order valence-corrected chi connectivity index (χ3v) is 5.38. The fraction of sp³-hybridized carbons (Fsp3) is 0.400. The third kappa shape index (κ3) is 2.39. The molecule has 0 aromatic heterocycles. The third-order valence-electron chi connectivity index (χ3n) is 5.38. The van der Waals surface area contributed by atoms with E-state index in [1.807, 2.05) is 30.3 Å². The van der Waals surface area contributed by atoms with E-state index >= 15 is 0 Å². The number of rotatable bonds is 2. The molecule has 0 spiro atoms. The molecule has 2 aliphatic carbocycles. The van der Waals surface area contributed by atoms with Crippen LogP contribution in [0.1, 0.15) is 30.7 Å². The van der Waals surface area contributed by atoms with Gasteiger partial charge in [0, 0.05) is 5.92 Å². The average Bonchev–Trinajstić information content (AvgIpc) is 2.67. The molecule has 124 valence electrons. The predicted molar refractivity (Wildman–Crippen MR) is 91.6 cm³/mol. The number of allylic oxidation sites excluding steroid dienone is 2. The quantitative estimate of drug-likeness (QED) is 0.834. The summed E-state index contributed by atoms with van der Waals surface area (Å²) in [7, 11) is 1.57. The number of nitrogens with zero attached hydrogens (tertiary/aromatic N) is 3. The minimum Gasteiger partial charge on any atom is -0.497 e. The molecule has 1 aromatic rings. The van der Waals surface area contributed by atoms with Gasteiger partial charge in [0.05, 0.1) is 31.0 Å². The molecule has 0 saturated heterocycles. The standard InChI is InChI=1S/C20H18N4O/c1-25-14-6-4-5-13(9-14)18-16-8-3-2-7-15(16)17(10-21)19(24)20(18,11-22)12-23/h4-7,9,16-18,24H,2-3,8H2,1H3/t16-,17+,18-/m1/s1. The van der Waals surface area contributed by atoms with Crippen LogP contribution in [0.15, 0.2) is 35.9 Å². The summed E-state index contributed by atoms with van der Waals surface area (Å²) in [6.45, 7) is 0. The second kappa shape index (κ2) is 6.42. The molecule has 0 amide bonds. The zero-order valence-electron chi connectivity index (χ0n) is 14.0. The summed E-state index contributed by atoms with van der Waals surface area (Å²) in [5.74, 6) is -0.691. The first-order valence-corrected chi connectivity index (χ1v) is 8.28. The van der Waals surface area contributed by atoms with Crippen molar-refractivity contribution in [2.24, 2.45) is 17.3 Å². The van der Waals surface area contributed by atoms with Crippen LogP contribution in [0.25, 0.3) is 0 Å². The highest BCUT2D eigenvalue weighted by Gasteiger charge is 2.57. The summed E-state index contributed by atoms with van der Waals surface area (Å²) >= 11 is 0. The van der Waals surface area contributed by atoms with Crippen molar-refractivity contribution in [1.82, 2.24) is 0 Å². The van der Waals surface area contributed by atoms with Gasteiger partial charge in [-0.3, -0.25) is 0 Å². The Hall–Kier alpha value is -3.10. The van der Waals surface area contributed by atoms with Crippen LogP contribution < -0.4 is 4.74 Å². The fourth-order valence-corrected chi connectivity index (χ4v) is 4.22. The Balaban J connectivity index is 2.25. The molecule has 25 heavy (non-hydrogen) atoms. The Kier molecular flexibility index (Phi) is 4.30. The van der Waals surface area contributed by atoms with Gasteiger partial charge in [-0.25, -0.2) is 0 Å². The molecule has 2 aliphatic rings. The van der Waals surface area contributed by atoms with Crippen molar-refractivity contribution in [3.63, 3.8) is 0 Å². The van der Waals surface area contributed by atoms with E-state index in [9.17, 15) is 15.8 Å². The van der Waals surface area contributed by atoms with Gasteiger partial charge in [-0.05, 0) is 48.4 Å². The molecule has 0 radical (unpaired) electrons. The molecular weight excluding hydrogens is 312 g/mol. The highest BCUT2D eigenvalue weighted by atomic mass is 16.5. The van der Waals surface area contributed by atoms with E-state index in [-0.39, 0.29) is 11.6 Å². The zero-order valence-corrected chi connectivity index (χ0v) is 14.0. The molecule has 1 fully saturated rings. The van der Waals surface area contributed by atoms with Crippen molar-refractivity contribution in [1.29, 1.82) is 21.2 Å². The highest BCUT2D eigenvalue weighted by molar-refractivity contribution is 6.00. The maximum absolute atomic E-state index is 9.90. The number of nitriles is 3. The molecule has 5 nitrogen and oxygen atoms in total. The van der Waals surface area contributed by atoms with Crippen LogP contribution in [0, 0.1) is 56.7 Å². The topological polar surface area (TPSA) is 104 Å². The molecular formula is C20H18N4O. The normalized spacial score (nSPS) is 27.0. The molecule has 1 saturated carbocycles. The van der Waals surface area contributed by atoms with Gasteiger partial charge < -0.3 is 10.1 Å². The number of methoxy groups -OCH3 is 1. The Bertz CT molecular complexity index is 851. The second-order valence-electron chi connectivity index (χ2n) is 6.50. The van der Waals surface area contributed by atoms with Gasteiger partial charge in [0.1, 0.15) is 11.7 Å². The molecule has 3 rings (SSSR count). The van der Waals surface area contributed by atoms with Crippen molar-refractivity contribution < 1.29 is 4.74 Å². The largest absolute Gasteiger partial charge is 0.497 e. The minimum atomic E-state index is -1.63. The van der Waals surface area contributed by atoms with Crippen molar-refractivity contribution in [3.8, 4) is 24.0 Å². The summed E-state index contributed by atoms with van der Waals surface area (Å²) in [6, 6.07) is 13.7. The molecule has 0 unspecified atom stereocenters. The zero-order chi connectivity index (χ0) is 18.0. The fourth-order valence-electron chi connectivity index (χ4n) is 4.22. The first-order valence-electron chi connectivity index (χ1n) is 8.28. The van der Waals surface area contributed by atoms with Gasteiger partial charge in [-0.1, -0.05) is 18.2 Å². The van der Waals surface area contributed by atoms with Crippen LogP contribution in [-0.2, 0) is 0 Å². The summed E-state index contributed by atoms with van der Waals surface area (Å²) in [6.07, 6.45) is 4.66. The first-order chi connectivity index (χ1) is 12.1.